The molecule has 1 N–H and O–H groups in total. The first kappa shape index (κ1) is 16.4. The zero-order valence-electron chi connectivity index (χ0n) is 12.3. The van der Waals surface area contributed by atoms with E-state index in [0.717, 1.165) is 31.4 Å². The molecule has 1 aliphatic heterocycles. The van der Waals surface area contributed by atoms with Gasteiger partial charge >= 0.3 is 0 Å². The smallest absolute Gasteiger partial charge is 0.136 e. The molecule has 0 saturated carbocycles. The van der Waals surface area contributed by atoms with Gasteiger partial charge in [0.15, 0.2) is 0 Å². The topological polar surface area (TPSA) is 41.8 Å². The number of halogens is 1. The molecule has 4 heteroatoms. The van der Waals surface area contributed by atoms with Gasteiger partial charge in [-0.1, -0.05) is 47.6 Å². The Hall–Kier alpha value is -2.00. The molecule has 2 aromatic rings. The van der Waals surface area contributed by atoms with Crippen molar-refractivity contribution < 1.29 is 9.94 Å². The molecule has 3 rings (SSSR count). The standard InChI is InChI=1S/C18H19NO2.ClH/c20-17-10-7-14(8-11-17)6-9-16-13-18(21-19-16)12-15-4-2-1-3-5-15;/h1-5,7-8,10-11,18,20H,6,9,12-13H2;1H. The van der Waals surface area contributed by atoms with E-state index >= 15 is 0 Å². The van der Waals surface area contributed by atoms with Crippen LogP contribution in [0.5, 0.6) is 5.75 Å². The lowest BCUT2D eigenvalue weighted by atomic mass is 10.0. The SMILES string of the molecule is Cl.Oc1ccc(CCC2=NOC(Cc3ccccc3)C2)cc1. The Kier molecular flexibility index (Phi) is 5.84. The monoisotopic (exact) mass is 317 g/mol. The van der Waals surface area contributed by atoms with Crippen molar-refractivity contribution in [1.82, 2.24) is 0 Å². The van der Waals surface area contributed by atoms with Crippen molar-refractivity contribution in [2.75, 3.05) is 0 Å². The third-order valence-corrected chi connectivity index (χ3v) is 3.74. The Morgan fingerprint density at radius 2 is 1.68 bits per heavy atom. The molecule has 0 spiro atoms. The predicted octanol–water partition coefficient (Wildman–Crippen LogP) is 4.13. The van der Waals surface area contributed by atoms with E-state index in [-0.39, 0.29) is 18.5 Å². The second-order valence-corrected chi connectivity index (χ2v) is 5.45. The molecule has 1 atom stereocenters. The van der Waals surface area contributed by atoms with Crippen LogP contribution < -0.4 is 0 Å². The molecule has 1 heterocycles. The fourth-order valence-electron chi connectivity index (χ4n) is 2.57. The Bertz CT molecular complexity index is 611. The number of benzene rings is 2. The van der Waals surface area contributed by atoms with Gasteiger partial charge in [0.2, 0.25) is 0 Å². The third kappa shape index (κ3) is 4.50. The van der Waals surface area contributed by atoms with Crippen LogP contribution >= 0.6 is 12.4 Å². The molecule has 3 nitrogen and oxygen atoms in total. The summed E-state index contributed by atoms with van der Waals surface area (Å²) in [5.74, 6) is 0.309. The van der Waals surface area contributed by atoms with Crippen molar-refractivity contribution >= 4 is 18.1 Å². The average molecular weight is 318 g/mol. The number of oxime groups is 1. The van der Waals surface area contributed by atoms with Crippen LogP contribution in [0.15, 0.2) is 59.8 Å². The summed E-state index contributed by atoms with van der Waals surface area (Å²) in [6, 6.07) is 17.7. The minimum atomic E-state index is 0. The van der Waals surface area contributed by atoms with Gasteiger partial charge < -0.3 is 9.94 Å². The van der Waals surface area contributed by atoms with Crippen LogP contribution in [-0.4, -0.2) is 16.9 Å². The molecule has 0 fully saturated rings. The maximum atomic E-state index is 9.27. The van der Waals surface area contributed by atoms with Crippen LogP contribution in [0.2, 0.25) is 0 Å². The first-order chi connectivity index (χ1) is 10.3. The number of rotatable bonds is 5. The summed E-state index contributed by atoms with van der Waals surface area (Å²) in [5, 5.41) is 13.5. The van der Waals surface area contributed by atoms with Gasteiger partial charge in [0.25, 0.3) is 0 Å². The highest BCUT2D eigenvalue weighted by molar-refractivity contribution is 5.85. The molecule has 22 heavy (non-hydrogen) atoms. The lowest BCUT2D eigenvalue weighted by molar-refractivity contribution is 0.0859. The van der Waals surface area contributed by atoms with Crippen molar-refractivity contribution in [1.29, 1.82) is 0 Å². The second-order valence-electron chi connectivity index (χ2n) is 5.45. The molecule has 0 aromatic heterocycles. The van der Waals surface area contributed by atoms with E-state index in [2.05, 4.69) is 29.4 Å². The number of phenols is 1. The molecule has 0 saturated heterocycles. The molecule has 0 amide bonds. The van der Waals surface area contributed by atoms with E-state index in [9.17, 15) is 5.11 Å². The number of aromatic hydroxyl groups is 1. The highest BCUT2D eigenvalue weighted by Gasteiger charge is 2.20. The van der Waals surface area contributed by atoms with Gasteiger partial charge in [0, 0.05) is 12.8 Å². The number of aryl methyl sites for hydroxylation is 1. The lowest BCUT2D eigenvalue weighted by Crippen LogP contribution is -2.11. The van der Waals surface area contributed by atoms with Gasteiger partial charge in [-0.05, 0) is 36.1 Å². The van der Waals surface area contributed by atoms with Crippen LogP contribution in [0.3, 0.4) is 0 Å². The van der Waals surface area contributed by atoms with Crippen LogP contribution in [0.1, 0.15) is 24.0 Å². The Labute approximate surface area is 137 Å². The van der Waals surface area contributed by atoms with Crippen molar-refractivity contribution in [3.05, 3.63) is 65.7 Å². The van der Waals surface area contributed by atoms with Crippen LogP contribution in [0, 0.1) is 0 Å². The summed E-state index contributed by atoms with van der Waals surface area (Å²) in [6.45, 7) is 0. The van der Waals surface area contributed by atoms with E-state index in [4.69, 9.17) is 4.84 Å². The van der Waals surface area contributed by atoms with E-state index in [1.54, 1.807) is 12.1 Å². The number of nitrogens with zero attached hydrogens (tertiary/aromatic N) is 1. The normalized spacial score (nSPS) is 16.5. The van der Waals surface area contributed by atoms with Gasteiger partial charge in [-0.3, -0.25) is 0 Å². The maximum Gasteiger partial charge on any atom is 0.136 e. The summed E-state index contributed by atoms with van der Waals surface area (Å²) in [6.07, 6.45) is 3.83. The third-order valence-electron chi connectivity index (χ3n) is 3.74. The van der Waals surface area contributed by atoms with Crippen molar-refractivity contribution in [2.24, 2.45) is 5.16 Å². The molecule has 0 aliphatic carbocycles. The minimum absolute atomic E-state index is 0. The fraction of sp³-hybridized carbons (Fsp3) is 0.278. The minimum Gasteiger partial charge on any atom is -0.508 e. The van der Waals surface area contributed by atoms with Gasteiger partial charge in [0.05, 0.1) is 5.71 Å². The average Bonchev–Trinajstić information content (AvgIpc) is 2.95. The summed E-state index contributed by atoms with van der Waals surface area (Å²) < 4.78 is 0. The van der Waals surface area contributed by atoms with Crippen LogP contribution in [0.4, 0.5) is 0 Å². The van der Waals surface area contributed by atoms with Gasteiger partial charge in [-0.15, -0.1) is 12.4 Å². The van der Waals surface area contributed by atoms with Crippen molar-refractivity contribution in [2.45, 2.75) is 31.8 Å². The summed E-state index contributed by atoms with van der Waals surface area (Å²) in [4.78, 5) is 5.53. The molecule has 0 bridgehead atoms. The number of hydrogen-bond donors (Lipinski definition) is 1. The van der Waals surface area contributed by atoms with Gasteiger partial charge in [-0.25, -0.2) is 0 Å². The van der Waals surface area contributed by atoms with Crippen molar-refractivity contribution in [3.8, 4) is 5.75 Å². The second kappa shape index (κ2) is 7.85. The van der Waals surface area contributed by atoms with E-state index in [1.807, 2.05) is 18.2 Å². The molecule has 0 radical (unpaired) electrons. The number of hydrogen-bond acceptors (Lipinski definition) is 3. The first-order valence-corrected chi connectivity index (χ1v) is 7.33. The first-order valence-electron chi connectivity index (χ1n) is 7.33. The predicted molar refractivity (Wildman–Crippen MR) is 90.7 cm³/mol. The zero-order chi connectivity index (χ0) is 14.5. The molecule has 1 aliphatic rings. The maximum absolute atomic E-state index is 9.27. The van der Waals surface area contributed by atoms with E-state index in [1.165, 1.54) is 11.1 Å². The highest BCUT2D eigenvalue weighted by Crippen LogP contribution is 2.19. The highest BCUT2D eigenvalue weighted by atomic mass is 35.5. The summed E-state index contributed by atoms with van der Waals surface area (Å²) in [7, 11) is 0. The fourth-order valence-corrected chi connectivity index (χ4v) is 2.57. The van der Waals surface area contributed by atoms with E-state index < -0.39 is 0 Å². The zero-order valence-corrected chi connectivity index (χ0v) is 13.1. The quantitative estimate of drug-likeness (QED) is 0.900. The Morgan fingerprint density at radius 3 is 2.41 bits per heavy atom. The molecular formula is C18H20ClNO2. The summed E-state index contributed by atoms with van der Waals surface area (Å²) >= 11 is 0. The van der Waals surface area contributed by atoms with E-state index in [0.29, 0.717) is 5.75 Å². The molecule has 116 valence electrons. The summed E-state index contributed by atoms with van der Waals surface area (Å²) in [5.41, 5.74) is 3.63. The van der Waals surface area contributed by atoms with Gasteiger partial charge in [0.1, 0.15) is 11.9 Å². The van der Waals surface area contributed by atoms with Crippen LogP contribution in [0.25, 0.3) is 0 Å². The molecule has 2 aromatic carbocycles. The molecular weight excluding hydrogens is 298 g/mol. The Balaban J connectivity index is 0.00000176. The lowest BCUT2D eigenvalue weighted by Gasteiger charge is -2.07. The van der Waals surface area contributed by atoms with Gasteiger partial charge in [-0.2, -0.15) is 0 Å². The molecule has 1 unspecified atom stereocenters. The largest absolute Gasteiger partial charge is 0.508 e. The number of phenolic OH excluding ortho intramolecular Hbond substituents is 1. The van der Waals surface area contributed by atoms with Crippen molar-refractivity contribution in [3.63, 3.8) is 0 Å². The Morgan fingerprint density at radius 1 is 0.955 bits per heavy atom. The van der Waals surface area contributed by atoms with Crippen LogP contribution in [-0.2, 0) is 17.7 Å².